The highest BCUT2D eigenvalue weighted by molar-refractivity contribution is 6.19. The molecule has 0 saturated heterocycles. The van der Waals surface area contributed by atoms with Gasteiger partial charge < -0.3 is 13.9 Å². The molecule has 3 nitrogen and oxygen atoms in total. The van der Waals surface area contributed by atoms with E-state index in [9.17, 15) is 0 Å². The first-order valence-corrected chi connectivity index (χ1v) is 25.0. The Balaban J connectivity index is 0.872. The lowest BCUT2D eigenvalue weighted by molar-refractivity contribution is 0.669. The van der Waals surface area contributed by atoms with Crippen molar-refractivity contribution < 1.29 is 4.42 Å². The molecule has 0 radical (unpaired) electrons. The molecule has 12 aromatic carbocycles. The summed E-state index contributed by atoms with van der Waals surface area (Å²) in [7, 11) is 0. The van der Waals surface area contributed by atoms with E-state index in [1.54, 1.807) is 0 Å². The molecule has 0 aliphatic rings. The molecule has 0 N–H and O–H groups in total. The van der Waals surface area contributed by atoms with Crippen LogP contribution in [0.2, 0.25) is 0 Å². The maximum Gasteiger partial charge on any atom is 0.136 e. The minimum Gasteiger partial charge on any atom is -0.456 e. The molecule has 0 fully saturated rings. The Kier molecular flexibility index (Phi) is 10.2. The van der Waals surface area contributed by atoms with Gasteiger partial charge in [0.1, 0.15) is 11.2 Å². The summed E-state index contributed by atoms with van der Waals surface area (Å²) >= 11 is 0. The number of aromatic nitrogens is 1. The van der Waals surface area contributed by atoms with Gasteiger partial charge in [-0.1, -0.05) is 212 Å². The van der Waals surface area contributed by atoms with Crippen LogP contribution < -0.4 is 4.90 Å². The lowest BCUT2D eigenvalue weighted by Crippen LogP contribution is -2.09. The second-order valence-electron chi connectivity index (χ2n) is 18.8. The van der Waals surface area contributed by atoms with Crippen molar-refractivity contribution in [2.45, 2.75) is 0 Å². The standard InChI is InChI=1S/C70H46N2O/c1-3-16-48(17-4-1)57-21-9-11-24-61(57)62-25-12-10-22-58(62)50-32-40-55(41-33-50)71(56-42-34-51(35-43-56)59-27-15-29-68-69(59)65-26-13-14-28-67(65)73-68)54-38-30-47(31-39-54)52-37-44-63-64-45-36-49-18-7-8-23-60(49)70(64)72(66(63)46-52)53-19-5-2-6-20-53/h1-46H. The number of rotatable bonds is 9. The van der Waals surface area contributed by atoms with Gasteiger partial charge in [-0.25, -0.2) is 0 Å². The van der Waals surface area contributed by atoms with Gasteiger partial charge in [-0.15, -0.1) is 0 Å². The third kappa shape index (κ3) is 7.29. The van der Waals surface area contributed by atoms with Crippen LogP contribution >= 0.6 is 0 Å². The summed E-state index contributed by atoms with van der Waals surface area (Å²) in [4.78, 5) is 2.36. The fourth-order valence-corrected chi connectivity index (χ4v) is 11.2. The molecule has 0 spiro atoms. The SMILES string of the molecule is c1ccc(-c2ccccc2-c2ccccc2-c2ccc(N(c3ccc(-c4ccc5c6ccc7ccccc7c6n(-c6ccccc6)c5c4)cc3)c3ccc(-c4cccc5oc6ccccc6c45)cc3)cc2)cc1. The maximum absolute atomic E-state index is 6.30. The number of anilines is 3. The van der Waals surface area contributed by atoms with E-state index < -0.39 is 0 Å². The summed E-state index contributed by atoms with van der Waals surface area (Å²) < 4.78 is 8.74. The fraction of sp³-hybridized carbons (Fsp3) is 0. The van der Waals surface area contributed by atoms with Crippen molar-refractivity contribution >= 4 is 71.6 Å². The van der Waals surface area contributed by atoms with Crippen molar-refractivity contribution in [3.05, 3.63) is 279 Å². The van der Waals surface area contributed by atoms with Crippen molar-refractivity contribution in [3.8, 4) is 61.3 Å². The Bertz CT molecular complexity index is 4340. The molecule has 14 aromatic rings. The molecule has 0 atom stereocenters. The number of hydrogen-bond acceptors (Lipinski definition) is 2. The average molecular weight is 931 g/mol. The van der Waals surface area contributed by atoms with Gasteiger partial charge in [0.25, 0.3) is 0 Å². The molecule has 14 rings (SSSR count). The van der Waals surface area contributed by atoms with E-state index in [0.29, 0.717) is 0 Å². The fourth-order valence-electron chi connectivity index (χ4n) is 11.2. The van der Waals surface area contributed by atoms with E-state index >= 15 is 0 Å². The van der Waals surface area contributed by atoms with Crippen LogP contribution in [-0.2, 0) is 0 Å². The third-order valence-corrected chi connectivity index (χ3v) is 14.6. The second kappa shape index (κ2) is 17.6. The highest BCUT2D eigenvalue weighted by Crippen LogP contribution is 2.44. The van der Waals surface area contributed by atoms with Gasteiger partial charge in [0.15, 0.2) is 0 Å². The van der Waals surface area contributed by atoms with Gasteiger partial charge in [-0.3, -0.25) is 0 Å². The van der Waals surface area contributed by atoms with Crippen molar-refractivity contribution in [1.29, 1.82) is 0 Å². The van der Waals surface area contributed by atoms with Gasteiger partial charge in [-0.05, 0) is 128 Å². The van der Waals surface area contributed by atoms with Crippen molar-refractivity contribution in [1.82, 2.24) is 4.57 Å². The minimum atomic E-state index is 0.892. The lowest BCUT2D eigenvalue weighted by Gasteiger charge is -2.26. The molecule has 3 heteroatoms. The molecule has 342 valence electrons. The number of hydrogen-bond donors (Lipinski definition) is 0. The third-order valence-electron chi connectivity index (χ3n) is 14.6. The quantitative estimate of drug-likeness (QED) is 0.144. The monoisotopic (exact) mass is 930 g/mol. The van der Waals surface area contributed by atoms with E-state index in [0.717, 1.165) is 72.5 Å². The average Bonchev–Trinajstić information content (AvgIpc) is 4.03. The van der Waals surface area contributed by atoms with Crippen molar-refractivity contribution in [3.63, 3.8) is 0 Å². The highest BCUT2D eigenvalue weighted by Gasteiger charge is 2.20. The van der Waals surface area contributed by atoms with Crippen LogP contribution in [0.1, 0.15) is 0 Å². The summed E-state index contributed by atoms with van der Waals surface area (Å²) in [6.07, 6.45) is 0. The molecule has 0 amide bonds. The first-order chi connectivity index (χ1) is 36.2. The predicted octanol–water partition coefficient (Wildman–Crippen LogP) is 19.6. The van der Waals surface area contributed by atoms with Gasteiger partial charge in [-0.2, -0.15) is 0 Å². The Labute approximate surface area is 423 Å². The lowest BCUT2D eigenvalue weighted by atomic mass is 9.89. The summed E-state index contributed by atoms with van der Waals surface area (Å²) in [5, 5.41) is 7.23. The van der Waals surface area contributed by atoms with Crippen LogP contribution in [0.15, 0.2) is 283 Å². The summed E-state index contributed by atoms with van der Waals surface area (Å²) in [6, 6.07) is 101. The number of para-hydroxylation sites is 2. The summed E-state index contributed by atoms with van der Waals surface area (Å²) in [5.41, 5.74) is 20.3. The molecule has 2 heterocycles. The summed E-state index contributed by atoms with van der Waals surface area (Å²) in [6.45, 7) is 0. The smallest absolute Gasteiger partial charge is 0.136 e. The molecule has 0 saturated carbocycles. The normalized spacial score (nSPS) is 11.6. The van der Waals surface area contributed by atoms with Crippen LogP contribution in [0.25, 0.3) is 116 Å². The van der Waals surface area contributed by atoms with Crippen molar-refractivity contribution in [2.24, 2.45) is 0 Å². The second-order valence-corrected chi connectivity index (χ2v) is 18.8. The van der Waals surface area contributed by atoms with E-state index in [1.165, 1.54) is 60.4 Å². The van der Waals surface area contributed by atoms with Gasteiger partial charge in [0.2, 0.25) is 0 Å². The number of furan rings is 1. The first-order valence-electron chi connectivity index (χ1n) is 25.0. The van der Waals surface area contributed by atoms with Crippen LogP contribution in [0.3, 0.4) is 0 Å². The summed E-state index contributed by atoms with van der Waals surface area (Å²) in [5.74, 6) is 0. The Morgan fingerprint density at radius 3 is 1.44 bits per heavy atom. The van der Waals surface area contributed by atoms with E-state index in [1.807, 2.05) is 12.1 Å². The van der Waals surface area contributed by atoms with Crippen LogP contribution in [0.4, 0.5) is 17.1 Å². The zero-order valence-electron chi connectivity index (χ0n) is 39.9. The molecule has 73 heavy (non-hydrogen) atoms. The molecule has 2 aromatic heterocycles. The molecule has 0 bridgehead atoms. The molecule has 0 aliphatic carbocycles. The van der Waals surface area contributed by atoms with Crippen LogP contribution in [-0.4, -0.2) is 4.57 Å². The highest BCUT2D eigenvalue weighted by atomic mass is 16.3. The minimum absolute atomic E-state index is 0.892. The Hall–Kier alpha value is -9.70. The number of benzene rings is 12. The van der Waals surface area contributed by atoms with Crippen LogP contribution in [0.5, 0.6) is 0 Å². The number of fused-ring (bicyclic) bond motifs is 8. The zero-order valence-corrected chi connectivity index (χ0v) is 39.9. The topological polar surface area (TPSA) is 21.3 Å². The van der Waals surface area contributed by atoms with Gasteiger partial charge >= 0.3 is 0 Å². The number of nitrogens with zero attached hydrogens (tertiary/aromatic N) is 2. The largest absolute Gasteiger partial charge is 0.456 e. The Morgan fingerprint density at radius 1 is 0.288 bits per heavy atom. The predicted molar refractivity (Wildman–Crippen MR) is 307 cm³/mol. The first kappa shape index (κ1) is 42.2. The van der Waals surface area contributed by atoms with Crippen molar-refractivity contribution in [2.75, 3.05) is 4.90 Å². The maximum atomic E-state index is 6.30. The van der Waals surface area contributed by atoms with Crippen LogP contribution in [0, 0.1) is 0 Å². The molecular weight excluding hydrogens is 885 g/mol. The van der Waals surface area contributed by atoms with E-state index in [4.69, 9.17) is 4.42 Å². The molecule has 0 unspecified atom stereocenters. The Morgan fingerprint density at radius 2 is 0.767 bits per heavy atom. The zero-order chi connectivity index (χ0) is 48.2. The molecular formula is C70H46N2O. The van der Waals surface area contributed by atoms with Gasteiger partial charge in [0, 0.05) is 49.7 Å². The van der Waals surface area contributed by atoms with Gasteiger partial charge in [0.05, 0.1) is 11.0 Å². The molecule has 0 aliphatic heterocycles. The van der Waals surface area contributed by atoms with E-state index in [2.05, 4.69) is 276 Å². The van der Waals surface area contributed by atoms with E-state index in [-0.39, 0.29) is 0 Å².